The van der Waals surface area contributed by atoms with E-state index in [9.17, 15) is 4.79 Å². The van der Waals surface area contributed by atoms with Crippen LogP contribution in [0.25, 0.3) is 22.4 Å². The molecule has 4 aromatic rings. The Balaban J connectivity index is 1.31. The molecule has 0 spiro atoms. The van der Waals surface area contributed by atoms with Crippen molar-refractivity contribution >= 4 is 22.6 Å². The predicted molar refractivity (Wildman–Crippen MR) is 132 cm³/mol. The molecule has 0 amide bonds. The van der Waals surface area contributed by atoms with Gasteiger partial charge in [0.05, 0.1) is 17.5 Å². The number of hydrogen-bond donors (Lipinski definition) is 1. The summed E-state index contributed by atoms with van der Waals surface area (Å²) >= 11 is 0. The maximum atomic E-state index is 12.9. The lowest BCUT2D eigenvalue weighted by Crippen LogP contribution is -2.26. The van der Waals surface area contributed by atoms with Gasteiger partial charge in [0.25, 0.3) is 0 Å². The third-order valence-electron chi connectivity index (χ3n) is 7.31. The number of rotatable bonds is 4. The summed E-state index contributed by atoms with van der Waals surface area (Å²) in [6.45, 7) is 7.93. The monoisotopic (exact) mass is 436 g/mol. The zero-order valence-corrected chi connectivity index (χ0v) is 19.3. The van der Waals surface area contributed by atoms with Crippen molar-refractivity contribution in [2.75, 3.05) is 18.0 Å². The van der Waals surface area contributed by atoms with E-state index in [2.05, 4.69) is 69.5 Å². The van der Waals surface area contributed by atoms with Crippen molar-refractivity contribution < 1.29 is 4.79 Å². The molecule has 33 heavy (non-hydrogen) atoms. The standard InChI is InChI=1S/C28H28N4O/c1-27(2,3)25(33)22-14-29-26-24(22)31-23(15-30-26)18-8-7-11-21(12-18)32-16-20-13-28(20,17-32)19-9-5-4-6-10-19/h4-12,14-15,20H,13,16-17H2,1-3H3,(H,29,30)/t20-,28+/m0/s1. The number of ketones is 1. The number of benzene rings is 2. The number of hydrogen-bond acceptors (Lipinski definition) is 4. The summed E-state index contributed by atoms with van der Waals surface area (Å²) < 4.78 is 0. The fourth-order valence-corrected chi connectivity index (χ4v) is 5.37. The summed E-state index contributed by atoms with van der Waals surface area (Å²) in [6.07, 6.45) is 4.81. The average molecular weight is 437 g/mol. The van der Waals surface area contributed by atoms with Crippen molar-refractivity contribution in [1.29, 1.82) is 0 Å². The largest absolute Gasteiger partial charge is 0.370 e. The Morgan fingerprint density at radius 3 is 2.73 bits per heavy atom. The second-order valence-electron chi connectivity index (χ2n) is 10.6. The van der Waals surface area contributed by atoms with Gasteiger partial charge in [-0.25, -0.2) is 9.97 Å². The molecule has 6 rings (SSSR count). The third-order valence-corrected chi connectivity index (χ3v) is 7.31. The van der Waals surface area contributed by atoms with Gasteiger partial charge in [-0.1, -0.05) is 63.2 Å². The molecule has 5 nitrogen and oxygen atoms in total. The molecule has 1 saturated carbocycles. The number of carbonyl (C=O) groups is 1. The summed E-state index contributed by atoms with van der Waals surface area (Å²) in [6, 6.07) is 19.5. The second-order valence-corrected chi connectivity index (χ2v) is 10.6. The molecule has 2 aromatic heterocycles. The molecule has 2 aliphatic rings. The van der Waals surface area contributed by atoms with E-state index in [0.29, 0.717) is 22.1 Å². The number of Topliss-reactive ketones (excluding diaryl/α,β-unsaturated/α-hetero) is 1. The van der Waals surface area contributed by atoms with Crippen LogP contribution >= 0.6 is 0 Å². The molecule has 2 aromatic carbocycles. The van der Waals surface area contributed by atoms with Crippen LogP contribution in [0, 0.1) is 11.3 Å². The summed E-state index contributed by atoms with van der Waals surface area (Å²) in [5, 5.41) is 0. The molecule has 0 unspecified atom stereocenters. The Morgan fingerprint density at radius 1 is 1.12 bits per heavy atom. The van der Waals surface area contributed by atoms with Crippen LogP contribution in [0.2, 0.25) is 0 Å². The Bertz CT molecular complexity index is 1370. The smallest absolute Gasteiger partial charge is 0.171 e. The van der Waals surface area contributed by atoms with Crippen LogP contribution in [0.1, 0.15) is 43.1 Å². The third kappa shape index (κ3) is 3.26. The highest BCUT2D eigenvalue weighted by Crippen LogP contribution is 2.59. The molecule has 5 heteroatoms. The lowest BCUT2D eigenvalue weighted by atomic mass is 9.87. The summed E-state index contributed by atoms with van der Waals surface area (Å²) in [5.41, 5.74) is 6.22. The molecule has 2 fully saturated rings. The lowest BCUT2D eigenvalue weighted by molar-refractivity contribution is 0.0860. The fourth-order valence-electron chi connectivity index (χ4n) is 5.37. The first kappa shape index (κ1) is 20.2. The topological polar surface area (TPSA) is 61.9 Å². The van der Waals surface area contributed by atoms with Crippen molar-refractivity contribution in [1.82, 2.24) is 15.0 Å². The number of piperidine rings is 1. The highest BCUT2D eigenvalue weighted by molar-refractivity contribution is 6.08. The van der Waals surface area contributed by atoms with Gasteiger partial charge in [-0.3, -0.25) is 4.79 Å². The Kier molecular flexibility index (Phi) is 4.28. The van der Waals surface area contributed by atoms with Gasteiger partial charge in [0.1, 0.15) is 5.52 Å². The second kappa shape index (κ2) is 7.01. The molecule has 1 saturated heterocycles. The number of nitrogens with zero attached hydrogens (tertiary/aromatic N) is 3. The van der Waals surface area contributed by atoms with Gasteiger partial charge in [0.15, 0.2) is 11.4 Å². The van der Waals surface area contributed by atoms with Gasteiger partial charge >= 0.3 is 0 Å². The van der Waals surface area contributed by atoms with Gasteiger partial charge < -0.3 is 9.88 Å². The van der Waals surface area contributed by atoms with E-state index in [1.165, 1.54) is 17.7 Å². The van der Waals surface area contributed by atoms with Gasteiger partial charge in [-0.2, -0.15) is 0 Å². The summed E-state index contributed by atoms with van der Waals surface area (Å²) in [4.78, 5) is 27.9. The number of anilines is 1. The number of aromatic amines is 1. The van der Waals surface area contributed by atoms with Crippen LogP contribution in [-0.2, 0) is 5.41 Å². The number of aromatic nitrogens is 3. The molecular formula is C28H28N4O. The SMILES string of the molecule is CC(C)(C)C(=O)c1c[nH]c2ncc(-c3cccc(N4C[C@@H]5C[C@]5(c5ccccc5)C4)c3)nc12. The van der Waals surface area contributed by atoms with Gasteiger partial charge in [0.2, 0.25) is 0 Å². The van der Waals surface area contributed by atoms with Crippen LogP contribution in [0.5, 0.6) is 0 Å². The van der Waals surface area contributed by atoms with Crippen molar-refractivity contribution in [3.63, 3.8) is 0 Å². The minimum Gasteiger partial charge on any atom is -0.370 e. The summed E-state index contributed by atoms with van der Waals surface area (Å²) in [5.74, 6) is 0.793. The van der Waals surface area contributed by atoms with Crippen molar-refractivity contribution in [3.05, 3.63) is 78.1 Å². The van der Waals surface area contributed by atoms with Crippen LogP contribution in [0.4, 0.5) is 5.69 Å². The van der Waals surface area contributed by atoms with Crippen LogP contribution < -0.4 is 4.90 Å². The quantitative estimate of drug-likeness (QED) is 0.421. The van der Waals surface area contributed by atoms with Gasteiger partial charge in [0, 0.05) is 41.4 Å². The highest BCUT2D eigenvalue weighted by atomic mass is 16.1. The van der Waals surface area contributed by atoms with Crippen molar-refractivity contribution in [2.45, 2.75) is 32.6 Å². The summed E-state index contributed by atoms with van der Waals surface area (Å²) in [7, 11) is 0. The number of H-pyrrole nitrogens is 1. The highest BCUT2D eigenvalue weighted by Gasteiger charge is 2.60. The van der Waals surface area contributed by atoms with E-state index in [-0.39, 0.29) is 5.78 Å². The van der Waals surface area contributed by atoms with E-state index < -0.39 is 5.41 Å². The molecule has 2 atom stereocenters. The van der Waals surface area contributed by atoms with E-state index in [1.807, 2.05) is 20.8 Å². The molecule has 0 radical (unpaired) electrons. The minimum atomic E-state index is -0.474. The molecule has 0 bridgehead atoms. The first-order valence-corrected chi connectivity index (χ1v) is 11.6. The van der Waals surface area contributed by atoms with Crippen LogP contribution in [-0.4, -0.2) is 33.8 Å². The van der Waals surface area contributed by atoms with Gasteiger partial charge in [-0.15, -0.1) is 0 Å². The van der Waals surface area contributed by atoms with E-state index in [0.717, 1.165) is 30.3 Å². The van der Waals surface area contributed by atoms with Crippen molar-refractivity contribution in [2.24, 2.45) is 11.3 Å². The molecular weight excluding hydrogens is 408 g/mol. The Hall–Kier alpha value is -3.47. The molecule has 1 aliphatic heterocycles. The Labute approximate surface area is 193 Å². The zero-order valence-electron chi connectivity index (χ0n) is 19.3. The van der Waals surface area contributed by atoms with Gasteiger partial charge in [-0.05, 0) is 30.0 Å². The van der Waals surface area contributed by atoms with E-state index >= 15 is 0 Å². The Morgan fingerprint density at radius 2 is 1.94 bits per heavy atom. The number of nitrogens with one attached hydrogen (secondary N) is 1. The van der Waals surface area contributed by atoms with Crippen molar-refractivity contribution in [3.8, 4) is 11.3 Å². The van der Waals surface area contributed by atoms with E-state index in [4.69, 9.17) is 4.98 Å². The normalized spacial score (nSPS) is 21.9. The first-order chi connectivity index (χ1) is 15.8. The number of carbonyl (C=O) groups excluding carboxylic acids is 1. The van der Waals surface area contributed by atoms with Crippen LogP contribution in [0.15, 0.2) is 67.0 Å². The molecule has 3 heterocycles. The minimum absolute atomic E-state index is 0.0662. The zero-order chi connectivity index (χ0) is 22.8. The first-order valence-electron chi connectivity index (χ1n) is 11.6. The molecule has 166 valence electrons. The maximum absolute atomic E-state index is 12.9. The predicted octanol–water partition coefficient (Wildman–Crippen LogP) is 5.63. The average Bonchev–Trinajstić information content (AvgIpc) is 3.17. The fraction of sp³-hybridized carbons (Fsp3) is 0.321. The molecule has 1 aliphatic carbocycles. The molecule has 1 N–H and O–H groups in total. The maximum Gasteiger partial charge on any atom is 0.171 e. The van der Waals surface area contributed by atoms with Crippen LogP contribution in [0.3, 0.4) is 0 Å². The number of fused-ring (bicyclic) bond motifs is 2. The van der Waals surface area contributed by atoms with E-state index in [1.54, 1.807) is 12.4 Å². The lowest BCUT2D eigenvalue weighted by Gasteiger charge is -2.24.